The van der Waals surface area contributed by atoms with Crippen molar-refractivity contribution in [3.63, 3.8) is 0 Å². The first kappa shape index (κ1) is 12.1. The Morgan fingerprint density at radius 3 is 2.95 bits per heavy atom. The van der Waals surface area contributed by atoms with Gasteiger partial charge in [0.1, 0.15) is 0 Å². The molecule has 4 aliphatic rings. The molecule has 1 saturated heterocycles. The Morgan fingerprint density at radius 2 is 2.32 bits per heavy atom. The van der Waals surface area contributed by atoms with E-state index in [1.807, 2.05) is 6.08 Å². The lowest BCUT2D eigenvalue weighted by molar-refractivity contribution is -0.208. The molecule has 104 valence electrons. The number of hydrogen-bond donors (Lipinski definition) is 3. The number of piperidine rings is 1. The molecule has 3 aliphatic carbocycles. The van der Waals surface area contributed by atoms with Gasteiger partial charge >= 0.3 is 0 Å². The monoisotopic (exact) mass is 261 g/mol. The van der Waals surface area contributed by atoms with Crippen molar-refractivity contribution in [1.82, 2.24) is 5.32 Å². The number of hydrogen-bond acceptors (Lipinski definition) is 3. The summed E-state index contributed by atoms with van der Waals surface area (Å²) in [5.41, 5.74) is 3.66. The highest BCUT2D eigenvalue weighted by atomic mass is 16.3. The quantitative estimate of drug-likeness (QED) is 0.719. The van der Waals surface area contributed by atoms with Crippen molar-refractivity contribution in [3.05, 3.63) is 23.3 Å². The number of fused-ring (bicyclic) bond motifs is 1. The Kier molecular flexibility index (Phi) is 2.37. The summed E-state index contributed by atoms with van der Waals surface area (Å²) >= 11 is 0. The molecule has 1 saturated carbocycles. The zero-order valence-corrected chi connectivity index (χ0v) is 11.5. The average molecular weight is 261 g/mol. The Balaban J connectivity index is 1.78. The minimum Gasteiger partial charge on any atom is -0.396 e. The third-order valence-corrected chi connectivity index (χ3v) is 6.52. The predicted molar refractivity (Wildman–Crippen MR) is 73.5 cm³/mol. The summed E-state index contributed by atoms with van der Waals surface area (Å²) in [4.78, 5) is 0. The molecule has 1 heterocycles. The molecule has 1 aliphatic heterocycles. The maximum Gasteiger partial charge on any atom is 0.0761 e. The van der Waals surface area contributed by atoms with Crippen LogP contribution in [-0.2, 0) is 0 Å². The van der Waals surface area contributed by atoms with Gasteiger partial charge in [0.15, 0.2) is 0 Å². The van der Waals surface area contributed by atoms with Gasteiger partial charge in [-0.25, -0.2) is 0 Å². The van der Waals surface area contributed by atoms with Crippen molar-refractivity contribution < 1.29 is 10.2 Å². The summed E-state index contributed by atoms with van der Waals surface area (Å²) in [6.07, 6.45) is 7.85. The van der Waals surface area contributed by atoms with Crippen molar-refractivity contribution in [2.24, 2.45) is 16.7 Å². The van der Waals surface area contributed by atoms with Gasteiger partial charge < -0.3 is 15.5 Å². The molecular weight excluding hydrogens is 238 g/mol. The van der Waals surface area contributed by atoms with Crippen molar-refractivity contribution >= 4 is 0 Å². The van der Waals surface area contributed by atoms with Gasteiger partial charge in [-0.1, -0.05) is 24.6 Å². The SMILES string of the molecule is CCC12C3=C(C=CC(O)C3)CC13CNC3C2CCO. The highest BCUT2D eigenvalue weighted by molar-refractivity contribution is 5.51. The highest BCUT2D eigenvalue weighted by Gasteiger charge is 2.77. The summed E-state index contributed by atoms with van der Waals surface area (Å²) in [7, 11) is 0. The molecule has 3 heteroatoms. The fourth-order valence-electron chi connectivity index (χ4n) is 5.93. The standard InChI is InChI=1S/C16H23NO2/c1-2-16-12(5-6-18)14-15(16,9-17-14)8-10-3-4-11(19)7-13(10)16/h3-4,11-12,14,17-19H,2,5-9H2,1H3. The molecule has 0 aromatic rings. The van der Waals surface area contributed by atoms with E-state index in [4.69, 9.17) is 0 Å². The summed E-state index contributed by atoms with van der Waals surface area (Å²) < 4.78 is 0. The first-order chi connectivity index (χ1) is 9.19. The van der Waals surface area contributed by atoms with E-state index in [0.29, 0.717) is 17.4 Å². The summed E-state index contributed by atoms with van der Waals surface area (Å²) in [5, 5.41) is 23.0. The molecule has 5 unspecified atom stereocenters. The number of nitrogens with one attached hydrogen (secondary N) is 1. The third kappa shape index (κ3) is 1.12. The van der Waals surface area contributed by atoms with Crippen LogP contribution in [0, 0.1) is 16.7 Å². The van der Waals surface area contributed by atoms with Crippen molar-refractivity contribution in [2.45, 2.75) is 44.8 Å². The van der Waals surface area contributed by atoms with E-state index in [1.54, 1.807) is 0 Å². The van der Waals surface area contributed by atoms with Gasteiger partial charge in [-0.05, 0) is 37.2 Å². The zero-order chi connectivity index (χ0) is 13.3. The molecule has 19 heavy (non-hydrogen) atoms. The van der Waals surface area contributed by atoms with Crippen molar-refractivity contribution in [3.8, 4) is 0 Å². The molecule has 0 radical (unpaired) electrons. The Labute approximate surface area is 114 Å². The average Bonchev–Trinajstić information content (AvgIpc) is 2.67. The van der Waals surface area contributed by atoms with E-state index in [2.05, 4.69) is 18.3 Å². The molecule has 0 amide bonds. The minimum atomic E-state index is -0.306. The predicted octanol–water partition coefficient (Wildman–Crippen LogP) is 1.37. The summed E-state index contributed by atoms with van der Waals surface area (Å²) in [6.45, 7) is 3.69. The van der Waals surface area contributed by atoms with Crippen LogP contribution < -0.4 is 5.32 Å². The van der Waals surface area contributed by atoms with Crippen molar-refractivity contribution in [1.29, 1.82) is 0 Å². The van der Waals surface area contributed by atoms with Gasteiger partial charge in [0.05, 0.1) is 6.10 Å². The zero-order valence-electron chi connectivity index (χ0n) is 11.5. The van der Waals surface area contributed by atoms with Crippen molar-refractivity contribution in [2.75, 3.05) is 13.2 Å². The molecule has 4 rings (SSSR count). The molecule has 1 spiro atoms. The van der Waals surface area contributed by atoms with Crippen LogP contribution in [0.3, 0.4) is 0 Å². The maximum atomic E-state index is 9.99. The van der Waals surface area contributed by atoms with Gasteiger partial charge in [-0.3, -0.25) is 0 Å². The van der Waals surface area contributed by atoms with Crippen LogP contribution in [0.5, 0.6) is 0 Å². The van der Waals surface area contributed by atoms with Crippen LogP contribution in [-0.4, -0.2) is 35.5 Å². The Morgan fingerprint density at radius 1 is 1.47 bits per heavy atom. The topological polar surface area (TPSA) is 52.5 Å². The number of rotatable bonds is 3. The molecule has 0 aromatic heterocycles. The van der Waals surface area contributed by atoms with E-state index in [9.17, 15) is 10.2 Å². The molecule has 3 N–H and O–H groups in total. The summed E-state index contributed by atoms with van der Waals surface area (Å²) in [6, 6.07) is 0.593. The highest BCUT2D eigenvalue weighted by Crippen LogP contribution is 2.77. The van der Waals surface area contributed by atoms with Gasteiger partial charge in [0.25, 0.3) is 0 Å². The third-order valence-electron chi connectivity index (χ3n) is 6.52. The van der Waals surface area contributed by atoms with Crippen LogP contribution >= 0.6 is 0 Å². The van der Waals surface area contributed by atoms with E-state index < -0.39 is 0 Å². The van der Waals surface area contributed by atoms with Crippen LogP contribution in [0.2, 0.25) is 0 Å². The smallest absolute Gasteiger partial charge is 0.0761 e. The first-order valence-corrected chi connectivity index (χ1v) is 7.62. The molecule has 0 bridgehead atoms. The van der Waals surface area contributed by atoms with Crippen LogP contribution in [0.1, 0.15) is 32.6 Å². The molecule has 2 fully saturated rings. The Bertz CT molecular complexity index is 483. The lowest BCUT2D eigenvalue weighted by Crippen LogP contribution is -2.82. The van der Waals surface area contributed by atoms with E-state index in [1.165, 1.54) is 17.6 Å². The van der Waals surface area contributed by atoms with E-state index in [0.717, 1.165) is 25.8 Å². The second kappa shape index (κ2) is 3.72. The fourth-order valence-corrected chi connectivity index (χ4v) is 5.93. The molecule has 3 nitrogen and oxygen atoms in total. The molecule has 0 aromatic carbocycles. The minimum absolute atomic E-state index is 0.257. The van der Waals surface area contributed by atoms with Gasteiger partial charge in [0.2, 0.25) is 0 Å². The van der Waals surface area contributed by atoms with Crippen LogP contribution in [0.15, 0.2) is 23.3 Å². The van der Waals surface area contributed by atoms with Gasteiger partial charge in [-0.2, -0.15) is 0 Å². The van der Waals surface area contributed by atoms with Crippen LogP contribution in [0.4, 0.5) is 0 Å². The number of aliphatic hydroxyl groups is 2. The first-order valence-electron chi connectivity index (χ1n) is 7.62. The maximum absolute atomic E-state index is 9.99. The lowest BCUT2D eigenvalue weighted by Gasteiger charge is -2.75. The van der Waals surface area contributed by atoms with Gasteiger partial charge in [-0.15, -0.1) is 0 Å². The van der Waals surface area contributed by atoms with Crippen LogP contribution in [0.25, 0.3) is 0 Å². The second-order valence-corrected chi connectivity index (χ2v) is 6.77. The lowest BCUT2D eigenvalue weighted by atomic mass is 9.35. The Hall–Kier alpha value is -0.640. The van der Waals surface area contributed by atoms with Gasteiger partial charge in [0, 0.05) is 30.0 Å². The number of aliphatic hydroxyl groups excluding tert-OH is 2. The largest absolute Gasteiger partial charge is 0.396 e. The van der Waals surface area contributed by atoms with E-state index in [-0.39, 0.29) is 18.1 Å². The summed E-state index contributed by atoms with van der Waals surface area (Å²) in [5.74, 6) is 0.558. The normalized spacial score (nSPS) is 50.2. The number of allylic oxidation sites excluding steroid dienone is 2. The fraction of sp³-hybridized carbons (Fsp3) is 0.750. The molecule has 5 atom stereocenters. The second-order valence-electron chi connectivity index (χ2n) is 6.77. The molecular formula is C16H23NO2. The van der Waals surface area contributed by atoms with E-state index >= 15 is 0 Å².